The van der Waals surface area contributed by atoms with E-state index in [0.717, 1.165) is 15.6 Å². The van der Waals surface area contributed by atoms with Crippen LogP contribution in [0.3, 0.4) is 0 Å². The van der Waals surface area contributed by atoms with E-state index in [0.29, 0.717) is 0 Å². The summed E-state index contributed by atoms with van der Waals surface area (Å²) in [6.07, 6.45) is 0.0840. The second-order valence-corrected chi connectivity index (χ2v) is 5.70. The molecule has 2 aromatic rings. The average Bonchev–Trinajstić information content (AvgIpc) is 2.92. The molecule has 2 atom stereocenters. The molecule has 5 heteroatoms. The van der Waals surface area contributed by atoms with Crippen molar-refractivity contribution in [3.05, 3.63) is 35.2 Å². The third-order valence-electron chi connectivity index (χ3n) is 3.73. The van der Waals surface area contributed by atoms with Crippen molar-refractivity contribution in [2.45, 2.75) is 12.5 Å². The van der Waals surface area contributed by atoms with Crippen LogP contribution in [0.4, 0.5) is 0 Å². The summed E-state index contributed by atoms with van der Waals surface area (Å²) in [6, 6.07) is 7.53. The molecule has 1 aromatic heterocycles. The van der Waals surface area contributed by atoms with Gasteiger partial charge in [-0.3, -0.25) is 9.59 Å². The van der Waals surface area contributed by atoms with E-state index in [-0.39, 0.29) is 18.4 Å². The zero-order chi connectivity index (χ0) is 13.6. The minimum Gasteiger partial charge on any atom is -0.481 e. The van der Waals surface area contributed by atoms with Gasteiger partial charge in [0.05, 0.1) is 12.0 Å². The first-order chi connectivity index (χ1) is 9.09. The highest BCUT2D eigenvalue weighted by Gasteiger charge is 2.43. The van der Waals surface area contributed by atoms with Crippen molar-refractivity contribution in [1.82, 2.24) is 4.90 Å². The Morgan fingerprint density at radius 3 is 2.89 bits per heavy atom. The van der Waals surface area contributed by atoms with Gasteiger partial charge in [-0.2, -0.15) is 0 Å². The summed E-state index contributed by atoms with van der Waals surface area (Å²) in [6.45, 7) is 0. The molecule has 0 spiro atoms. The van der Waals surface area contributed by atoms with Gasteiger partial charge >= 0.3 is 5.97 Å². The first-order valence-electron chi connectivity index (χ1n) is 6.04. The lowest BCUT2D eigenvalue weighted by Gasteiger charge is -2.22. The van der Waals surface area contributed by atoms with Crippen LogP contribution in [0.15, 0.2) is 29.6 Å². The molecule has 1 fully saturated rings. The Morgan fingerprint density at radius 1 is 1.42 bits per heavy atom. The Labute approximate surface area is 114 Å². The van der Waals surface area contributed by atoms with Crippen LogP contribution >= 0.6 is 11.3 Å². The molecule has 98 valence electrons. The number of thiophene rings is 1. The Kier molecular flexibility index (Phi) is 2.78. The van der Waals surface area contributed by atoms with E-state index in [9.17, 15) is 14.7 Å². The number of fused-ring (bicyclic) bond motifs is 1. The van der Waals surface area contributed by atoms with E-state index in [2.05, 4.69) is 0 Å². The van der Waals surface area contributed by atoms with E-state index >= 15 is 0 Å². The topological polar surface area (TPSA) is 57.6 Å². The average molecular weight is 275 g/mol. The van der Waals surface area contributed by atoms with Crippen LogP contribution in [0.5, 0.6) is 0 Å². The van der Waals surface area contributed by atoms with E-state index in [1.165, 1.54) is 0 Å². The lowest BCUT2D eigenvalue weighted by molar-refractivity contribution is -0.142. The number of hydrogen-bond acceptors (Lipinski definition) is 3. The van der Waals surface area contributed by atoms with Crippen molar-refractivity contribution in [2.24, 2.45) is 5.92 Å². The van der Waals surface area contributed by atoms with Gasteiger partial charge < -0.3 is 10.0 Å². The van der Waals surface area contributed by atoms with Crippen LogP contribution < -0.4 is 0 Å². The maximum absolute atomic E-state index is 11.8. The second kappa shape index (κ2) is 4.35. The quantitative estimate of drug-likeness (QED) is 0.916. The molecule has 0 saturated carbocycles. The zero-order valence-corrected chi connectivity index (χ0v) is 11.2. The predicted molar refractivity (Wildman–Crippen MR) is 73.1 cm³/mol. The first-order valence-corrected chi connectivity index (χ1v) is 6.92. The zero-order valence-electron chi connectivity index (χ0n) is 10.4. The molecule has 0 radical (unpaired) electrons. The maximum atomic E-state index is 11.8. The fraction of sp³-hybridized carbons (Fsp3) is 0.286. The summed E-state index contributed by atoms with van der Waals surface area (Å²) in [7, 11) is 1.68. The summed E-state index contributed by atoms with van der Waals surface area (Å²) in [4.78, 5) is 24.7. The SMILES string of the molecule is CN1C(=O)CC(C(=O)O)C1c1csc2ccccc12. The Morgan fingerprint density at radius 2 is 2.16 bits per heavy atom. The molecule has 1 amide bonds. The molecular weight excluding hydrogens is 262 g/mol. The highest BCUT2D eigenvalue weighted by Crippen LogP contribution is 2.42. The number of rotatable bonds is 2. The minimum atomic E-state index is -0.905. The van der Waals surface area contributed by atoms with Crippen LogP contribution in [0, 0.1) is 5.92 Å². The molecule has 1 saturated heterocycles. The molecule has 0 aliphatic carbocycles. The van der Waals surface area contributed by atoms with Crippen molar-refractivity contribution in [1.29, 1.82) is 0 Å². The van der Waals surface area contributed by atoms with Crippen LogP contribution in [0.25, 0.3) is 10.1 Å². The molecule has 0 bridgehead atoms. The Bertz CT molecular complexity index is 664. The number of carboxylic acid groups (broad SMARTS) is 1. The molecule has 2 heterocycles. The van der Waals surface area contributed by atoms with Crippen LogP contribution in [-0.4, -0.2) is 28.9 Å². The smallest absolute Gasteiger partial charge is 0.309 e. The number of carbonyl (C=O) groups is 2. The third-order valence-corrected chi connectivity index (χ3v) is 4.71. The summed E-state index contributed by atoms with van der Waals surface area (Å²) in [5.74, 6) is -1.67. The van der Waals surface area contributed by atoms with Gasteiger partial charge in [-0.15, -0.1) is 11.3 Å². The highest BCUT2D eigenvalue weighted by molar-refractivity contribution is 7.17. The number of carboxylic acids is 1. The lowest BCUT2D eigenvalue weighted by atomic mass is 9.93. The first kappa shape index (κ1) is 12.2. The molecule has 4 nitrogen and oxygen atoms in total. The van der Waals surface area contributed by atoms with Gasteiger partial charge in [-0.05, 0) is 22.4 Å². The van der Waals surface area contributed by atoms with Crippen molar-refractivity contribution < 1.29 is 14.7 Å². The van der Waals surface area contributed by atoms with Gasteiger partial charge in [0.1, 0.15) is 0 Å². The predicted octanol–water partition coefficient (Wildman–Crippen LogP) is 2.51. The number of carbonyl (C=O) groups excluding carboxylic acids is 1. The van der Waals surface area contributed by atoms with Crippen molar-refractivity contribution >= 4 is 33.3 Å². The van der Waals surface area contributed by atoms with E-state index < -0.39 is 11.9 Å². The number of nitrogens with zero attached hydrogens (tertiary/aromatic N) is 1. The summed E-state index contributed by atoms with van der Waals surface area (Å²) in [5.41, 5.74) is 0.946. The fourth-order valence-corrected chi connectivity index (χ4v) is 3.73. The Hall–Kier alpha value is -1.88. The lowest BCUT2D eigenvalue weighted by Crippen LogP contribution is -2.26. The standard InChI is InChI=1S/C14H13NO3S/c1-15-12(16)6-9(14(17)18)13(15)10-7-19-11-5-3-2-4-8(10)11/h2-5,7,9,13H,6H2,1H3,(H,17,18). The fourth-order valence-electron chi connectivity index (χ4n) is 2.74. The number of benzene rings is 1. The van der Waals surface area contributed by atoms with Crippen LogP contribution in [-0.2, 0) is 9.59 Å². The normalized spacial score (nSPS) is 23.2. The van der Waals surface area contributed by atoms with Crippen molar-refractivity contribution in [3.63, 3.8) is 0 Å². The summed E-state index contributed by atoms with van der Waals surface area (Å²) >= 11 is 1.59. The van der Waals surface area contributed by atoms with Gasteiger partial charge in [0.25, 0.3) is 0 Å². The largest absolute Gasteiger partial charge is 0.481 e. The van der Waals surface area contributed by atoms with Gasteiger partial charge in [0.15, 0.2) is 0 Å². The van der Waals surface area contributed by atoms with Crippen LogP contribution in [0.2, 0.25) is 0 Å². The monoisotopic (exact) mass is 275 g/mol. The van der Waals surface area contributed by atoms with Crippen LogP contribution in [0.1, 0.15) is 18.0 Å². The van der Waals surface area contributed by atoms with E-state index in [4.69, 9.17) is 0 Å². The van der Waals surface area contributed by atoms with E-state index in [1.54, 1.807) is 23.3 Å². The maximum Gasteiger partial charge on any atom is 0.309 e. The van der Waals surface area contributed by atoms with Gasteiger partial charge in [-0.1, -0.05) is 18.2 Å². The Balaban J connectivity index is 2.13. The van der Waals surface area contributed by atoms with E-state index in [1.807, 2.05) is 29.6 Å². The molecule has 2 unspecified atom stereocenters. The summed E-state index contributed by atoms with van der Waals surface area (Å²) in [5, 5.41) is 12.3. The van der Waals surface area contributed by atoms with Gasteiger partial charge in [-0.25, -0.2) is 0 Å². The molecular formula is C14H13NO3S. The minimum absolute atomic E-state index is 0.0840. The number of amides is 1. The van der Waals surface area contributed by atoms with Crippen molar-refractivity contribution in [2.75, 3.05) is 7.05 Å². The van der Waals surface area contributed by atoms with Gasteiger partial charge in [0, 0.05) is 18.2 Å². The van der Waals surface area contributed by atoms with Crippen molar-refractivity contribution in [3.8, 4) is 0 Å². The molecule has 1 N–H and O–H groups in total. The molecule has 3 rings (SSSR count). The summed E-state index contributed by atoms with van der Waals surface area (Å²) < 4.78 is 1.12. The highest BCUT2D eigenvalue weighted by atomic mass is 32.1. The molecule has 1 aromatic carbocycles. The number of aliphatic carboxylic acids is 1. The second-order valence-electron chi connectivity index (χ2n) is 4.79. The third kappa shape index (κ3) is 1.81. The number of likely N-dealkylation sites (tertiary alicyclic amines) is 1. The molecule has 1 aliphatic rings. The van der Waals surface area contributed by atoms with Gasteiger partial charge in [0.2, 0.25) is 5.91 Å². The number of hydrogen-bond donors (Lipinski definition) is 1. The molecule has 19 heavy (non-hydrogen) atoms. The molecule has 1 aliphatic heterocycles.